The topological polar surface area (TPSA) is 143 Å². The minimum absolute atomic E-state index is 0.0140. The lowest BCUT2D eigenvalue weighted by molar-refractivity contribution is 0.0161. The van der Waals surface area contributed by atoms with Gasteiger partial charge in [0, 0.05) is 23.5 Å². The smallest absolute Gasteiger partial charge is 0.338 e. The molecular formula is C75H92N2O8. The SMILES string of the molecule is CCCCCC1CCC(c2ccc(Oc3cc(Nc4ccc(CCCC)cc4)c4c(c3O)C(=O)c3c(Nc5ccc(C(=O)OC6CCC(CCCC)CC6)cc5)cc(Oc5ccc(C6CCC(CCCCC)CC6)cc5)c(O)c3C4=O)cc2)CC1. The third kappa shape index (κ3) is 15.1. The van der Waals surface area contributed by atoms with Crippen molar-refractivity contribution in [3.05, 3.63) is 154 Å². The van der Waals surface area contributed by atoms with Gasteiger partial charge >= 0.3 is 5.97 Å². The molecule has 0 spiro atoms. The molecule has 4 aliphatic rings. The lowest BCUT2D eigenvalue weighted by Gasteiger charge is -2.29. The quantitative estimate of drug-likeness (QED) is 0.0235. The molecule has 0 radical (unpaired) electrons. The maximum absolute atomic E-state index is 15.6. The highest BCUT2D eigenvalue weighted by Gasteiger charge is 2.41. The Morgan fingerprint density at radius 2 is 0.859 bits per heavy atom. The van der Waals surface area contributed by atoms with Crippen LogP contribution in [0.1, 0.15) is 259 Å². The molecule has 0 atom stereocenters. The van der Waals surface area contributed by atoms with Crippen LogP contribution < -0.4 is 20.1 Å². The van der Waals surface area contributed by atoms with Gasteiger partial charge in [0.15, 0.2) is 23.0 Å². The van der Waals surface area contributed by atoms with E-state index in [1.807, 2.05) is 48.5 Å². The van der Waals surface area contributed by atoms with Crippen molar-refractivity contribution in [2.24, 2.45) is 17.8 Å². The summed E-state index contributed by atoms with van der Waals surface area (Å²) in [4.78, 5) is 44.7. The number of fused-ring (bicyclic) bond motifs is 2. The standard InChI is InChI=1S/C75H92N2O8/c1-5-9-13-17-51-19-27-53(28-20-51)55-33-43-60(44-34-55)83-65-47-63(76-58-37-23-49(24-38-58)15-11-7-3)67-69(71(65)78)74(81)68-64(77-59-39-31-57(32-40-59)75(82)85-62-41-25-50(26-42-62)16-12-8-4)48-66(72(79)70(68)73(67)80)84-61-45-35-56(36-46-61)54-29-21-52(22-30-54)18-14-10-6-2/h23-24,31-40,43-48,50-54,62,76-79H,5-22,25-30,41-42H2,1-4H3. The summed E-state index contributed by atoms with van der Waals surface area (Å²) in [6.07, 6.45) is 30.2. The molecule has 0 heterocycles. The Balaban J connectivity index is 0.969. The molecule has 0 unspecified atom stereocenters. The van der Waals surface area contributed by atoms with Crippen molar-refractivity contribution in [2.75, 3.05) is 10.6 Å². The van der Waals surface area contributed by atoms with E-state index in [9.17, 15) is 15.0 Å². The lowest BCUT2D eigenvalue weighted by atomic mass is 9.77. The molecule has 6 aromatic rings. The highest BCUT2D eigenvalue weighted by atomic mass is 16.5. The molecule has 0 saturated heterocycles. The number of carbonyl (C=O) groups excluding carboxylic acids is 3. The summed E-state index contributed by atoms with van der Waals surface area (Å²) in [6.45, 7) is 8.90. The van der Waals surface area contributed by atoms with Crippen molar-refractivity contribution in [3.8, 4) is 34.5 Å². The maximum Gasteiger partial charge on any atom is 0.338 e. The molecule has 0 amide bonds. The number of phenols is 2. The zero-order valence-electron chi connectivity index (χ0n) is 51.1. The van der Waals surface area contributed by atoms with Crippen LogP contribution in [0.25, 0.3) is 0 Å². The predicted octanol–water partition coefficient (Wildman–Crippen LogP) is 20.9. The van der Waals surface area contributed by atoms with Gasteiger partial charge in [-0.15, -0.1) is 0 Å². The van der Waals surface area contributed by atoms with E-state index in [1.54, 1.807) is 30.3 Å². The first-order chi connectivity index (χ1) is 41.5. The zero-order valence-corrected chi connectivity index (χ0v) is 51.1. The van der Waals surface area contributed by atoms with Crippen molar-refractivity contribution < 1.29 is 38.8 Å². The van der Waals surface area contributed by atoms with Gasteiger partial charge in [0.05, 0.1) is 39.2 Å². The van der Waals surface area contributed by atoms with Crippen LogP contribution in [-0.2, 0) is 11.2 Å². The summed E-state index contributed by atoms with van der Waals surface area (Å²) in [7, 11) is 0. The summed E-state index contributed by atoms with van der Waals surface area (Å²) >= 11 is 0. The van der Waals surface area contributed by atoms with Crippen molar-refractivity contribution in [1.29, 1.82) is 0 Å². The number of benzene rings is 6. The van der Waals surface area contributed by atoms with E-state index in [1.165, 1.54) is 119 Å². The number of rotatable bonds is 26. The molecule has 3 fully saturated rings. The number of ether oxygens (including phenoxy) is 3. The van der Waals surface area contributed by atoms with Gasteiger partial charge in [-0.05, 0) is 197 Å². The number of anilines is 4. The van der Waals surface area contributed by atoms with Crippen LogP contribution in [-0.4, -0.2) is 33.9 Å². The van der Waals surface area contributed by atoms with Crippen molar-refractivity contribution in [3.63, 3.8) is 0 Å². The van der Waals surface area contributed by atoms with Gasteiger partial charge < -0.3 is 35.1 Å². The first-order valence-electron chi connectivity index (χ1n) is 32.9. The Morgan fingerprint density at radius 3 is 1.28 bits per heavy atom. The maximum atomic E-state index is 15.6. The predicted molar refractivity (Wildman–Crippen MR) is 343 cm³/mol. The van der Waals surface area contributed by atoms with E-state index in [4.69, 9.17) is 14.2 Å². The summed E-state index contributed by atoms with van der Waals surface area (Å²) in [5, 5.41) is 31.6. The minimum atomic E-state index is -0.704. The second-order valence-electron chi connectivity index (χ2n) is 25.3. The van der Waals surface area contributed by atoms with Crippen LogP contribution in [0.2, 0.25) is 0 Å². The lowest BCUT2D eigenvalue weighted by Crippen LogP contribution is -2.24. The molecule has 6 aromatic carbocycles. The number of aryl methyl sites for hydroxylation is 1. The minimum Gasteiger partial charge on any atom is -0.504 e. The summed E-state index contributed by atoms with van der Waals surface area (Å²) < 4.78 is 19.1. The molecule has 10 heteroatoms. The van der Waals surface area contributed by atoms with Crippen LogP contribution in [0, 0.1) is 17.8 Å². The van der Waals surface area contributed by atoms with Crippen molar-refractivity contribution >= 4 is 40.3 Å². The van der Waals surface area contributed by atoms with Gasteiger partial charge in [0.25, 0.3) is 0 Å². The van der Waals surface area contributed by atoms with E-state index < -0.39 is 29.0 Å². The molecule has 4 N–H and O–H groups in total. The molecule has 0 bridgehead atoms. The average Bonchev–Trinajstić information content (AvgIpc) is 1.26. The van der Waals surface area contributed by atoms with Gasteiger partial charge in [-0.25, -0.2) is 4.79 Å². The molecule has 85 heavy (non-hydrogen) atoms. The van der Waals surface area contributed by atoms with Crippen LogP contribution in [0.5, 0.6) is 34.5 Å². The summed E-state index contributed by atoms with van der Waals surface area (Å²) in [5.74, 6) is 1.27. The van der Waals surface area contributed by atoms with Gasteiger partial charge in [0.2, 0.25) is 11.6 Å². The first-order valence-corrected chi connectivity index (χ1v) is 32.9. The molecular weight excluding hydrogens is 1060 g/mol. The number of unbranched alkanes of at least 4 members (excludes halogenated alkanes) is 6. The molecule has 3 saturated carbocycles. The number of aromatic hydroxyl groups is 2. The molecule has 10 nitrogen and oxygen atoms in total. The Bertz CT molecular complexity index is 3180. The average molecular weight is 1150 g/mol. The van der Waals surface area contributed by atoms with Crippen molar-refractivity contribution in [2.45, 2.75) is 213 Å². The van der Waals surface area contributed by atoms with E-state index in [0.29, 0.717) is 46.2 Å². The second-order valence-corrected chi connectivity index (χ2v) is 25.3. The van der Waals surface area contributed by atoms with Gasteiger partial charge in [-0.2, -0.15) is 0 Å². The molecule has 0 aliphatic heterocycles. The third-order valence-corrected chi connectivity index (χ3v) is 19.2. The number of phenolic OH excluding ortho intramolecular Hbond substituents is 2. The fourth-order valence-electron chi connectivity index (χ4n) is 14.0. The summed E-state index contributed by atoms with van der Waals surface area (Å²) in [5.41, 5.74) is 4.80. The van der Waals surface area contributed by atoms with E-state index in [-0.39, 0.29) is 51.2 Å². The first kappa shape index (κ1) is 61.0. The zero-order chi connectivity index (χ0) is 59.2. The largest absolute Gasteiger partial charge is 0.504 e. The molecule has 450 valence electrons. The second kappa shape index (κ2) is 29.3. The number of carbonyl (C=O) groups is 3. The monoisotopic (exact) mass is 1150 g/mol. The summed E-state index contributed by atoms with van der Waals surface area (Å²) in [6, 6.07) is 33.8. The van der Waals surface area contributed by atoms with Gasteiger partial charge in [-0.1, -0.05) is 141 Å². The molecule has 4 aliphatic carbocycles. The van der Waals surface area contributed by atoms with Gasteiger partial charge in [0.1, 0.15) is 17.6 Å². The van der Waals surface area contributed by atoms with Crippen LogP contribution >= 0.6 is 0 Å². The number of hydrogen-bond donors (Lipinski definition) is 4. The Hall–Kier alpha value is -7.07. The van der Waals surface area contributed by atoms with Crippen molar-refractivity contribution in [1.82, 2.24) is 0 Å². The fourth-order valence-corrected chi connectivity index (χ4v) is 14.0. The van der Waals surface area contributed by atoms with Crippen LogP contribution in [0.4, 0.5) is 22.7 Å². The fraction of sp³-hybridized carbons (Fsp3) is 0.480. The number of hydrogen-bond acceptors (Lipinski definition) is 10. The third-order valence-electron chi connectivity index (χ3n) is 19.2. The number of nitrogens with one attached hydrogen (secondary N) is 2. The molecule has 10 rings (SSSR count). The Labute approximate surface area is 505 Å². The van der Waals surface area contributed by atoms with E-state index in [0.717, 1.165) is 82.5 Å². The highest BCUT2D eigenvalue weighted by Crippen LogP contribution is 2.51. The number of ketones is 2. The van der Waals surface area contributed by atoms with Crippen LogP contribution in [0.3, 0.4) is 0 Å². The molecule has 0 aromatic heterocycles. The Kier molecular flexibility index (Phi) is 21.1. The normalized spacial score (nSPS) is 20.3. The number of esters is 1. The highest BCUT2D eigenvalue weighted by molar-refractivity contribution is 6.34. The van der Waals surface area contributed by atoms with E-state index in [2.05, 4.69) is 62.6 Å². The van der Waals surface area contributed by atoms with Gasteiger partial charge in [-0.3, -0.25) is 9.59 Å². The Morgan fingerprint density at radius 1 is 0.459 bits per heavy atom. The van der Waals surface area contributed by atoms with E-state index >= 15 is 9.59 Å². The van der Waals surface area contributed by atoms with Crippen LogP contribution in [0.15, 0.2) is 109 Å².